The highest BCUT2D eigenvalue weighted by Crippen LogP contribution is 2.24. The number of hydrogen-bond acceptors (Lipinski definition) is 3. The molecule has 2 rings (SSSR count). The predicted molar refractivity (Wildman–Crippen MR) is 90.1 cm³/mol. The van der Waals surface area contributed by atoms with E-state index in [2.05, 4.69) is 0 Å². The van der Waals surface area contributed by atoms with E-state index in [0.29, 0.717) is 12.1 Å². The summed E-state index contributed by atoms with van der Waals surface area (Å²) in [6, 6.07) is 5.84. The first-order valence-corrected chi connectivity index (χ1v) is 8.67. The number of rotatable bonds is 5. The lowest BCUT2D eigenvalue weighted by atomic mass is 10.0. The molecule has 1 aliphatic rings. The zero-order valence-electron chi connectivity index (χ0n) is 14.5. The van der Waals surface area contributed by atoms with Crippen LogP contribution in [0.15, 0.2) is 24.3 Å². The topological polar surface area (TPSA) is 46.6 Å². The molecule has 0 aliphatic heterocycles. The number of carbonyl (C=O) groups excluding carboxylic acids is 2. The number of ether oxygens (including phenoxy) is 1. The highest BCUT2D eigenvalue weighted by molar-refractivity contribution is 5.94. The number of carbonyl (C=O) groups is 2. The van der Waals surface area contributed by atoms with E-state index in [1.54, 1.807) is 17.9 Å². The van der Waals surface area contributed by atoms with Crippen molar-refractivity contribution in [2.24, 2.45) is 5.92 Å². The van der Waals surface area contributed by atoms with Gasteiger partial charge in [0.25, 0.3) is 5.91 Å². The monoisotopic (exact) mass is 335 g/mol. The second kappa shape index (κ2) is 8.81. The van der Waals surface area contributed by atoms with Gasteiger partial charge < -0.3 is 9.64 Å². The van der Waals surface area contributed by atoms with Gasteiger partial charge in [-0.3, -0.25) is 9.59 Å². The summed E-state index contributed by atoms with van der Waals surface area (Å²) in [5.41, 5.74) is 0.330. The van der Waals surface area contributed by atoms with Crippen LogP contribution in [0.5, 0.6) is 0 Å². The Kier molecular flexibility index (Phi) is 6.76. The summed E-state index contributed by atoms with van der Waals surface area (Å²) in [7, 11) is 1.35. The minimum absolute atomic E-state index is 0.0929. The maximum atomic E-state index is 13.5. The van der Waals surface area contributed by atoms with Gasteiger partial charge in [0.2, 0.25) is 0 Å². The van der Waals surface area contributed by atoms with E-state index >= 15 is 0 Å². The van der Waals surface area contributed by atoms with E-state index in [1.165, 1.54) is 38.2 Å². The van der Waals surface area contributed by atoms with Gasteiger partial charge in [0.1, 0.15) is 5.82 Å². The molecule has 5 heteroatoms. The standard InChI is InChI=1S/C19H26FNO3/c1-14(19(23)24-2)13-21(17-10-5-3-4-6-11-17)18(22)15-8-7-9-16(20)12-15/h7-9,12,14,17H,3-6,10-11,13H2,1-2H3. The van der Waals surface area contributed by atoms with Crippen LogP contribution in [0.1, 0.15) is 55.8 Å². The van der Waals surface area contributed by atoms with Crippen molar-refractivity contribution in [2.75, 3.05) is 13.7 Å². The Morgan fingerprint density at radius 1 is 1.25 bits per heavy atom. The molecule has 1 aromatic carbocycles. The zero-order chi connectivity index (χ0) is 17.5. The third-order valence-corrected chi connectivity index (χ3v) is 4.67. The molecule has 4 nitrogen and oxygen atoms in total. The minimum Gasteiger partial charge on any atom is -0.469 e. The lowest BCUT2D eigenvalue weighted by Crippen LogP contribution is -2.44. The molecule has 0 N–H and O–H groups in total. The number of methoxy groups -OCH3 is 1. The zero-order valence-corrected chi connectivity index (χ0v) is 14.5. The second-order valence-corrected chi connectivity index (χ2v) is 6.54. The van der Waals surface area contributed by atoms with Gasteiger partial charge in [-0.05, 0) is 31.0 Å². The Morgan fingerprint density at radius 3 is 2.50 bits per heavy atom. The van der Waals surface area contributed by atoms with Crippen molar-refractivity contribution in [1.29, 1.82) is 0 Å². The number of hydrogen-bond donors (Lipinski definition) is 0. The van der Waals surface area contributed by atoms with Gasteiger partial charge in [-0.25, -0.2) is 4.39 Å². The van der Waals surface area contributed by atoms with Crippen molar-refractivity contribution in [2.45, 2.75) is 51.5 Å². The molecule has 132 valence electrons. The highest BCUT2D eigenvalue weighted by Gasteiger charge is 2.29. The molecule has 1 aliphatic carbocycles. The van der Waals surface area contributed by atoms with Crippen LogP contribution in [-0.4, -0.2) is 36.5 Å². The molecule has 0 radical (unpaired) electrons. The fourth-order valence-corrected chi connectivity index (χ4v) is 3.33. The molecular weight excluding hydrogens is 309 g/mol. The summed E-state index contributed by atoms with van der Waals surface area (Å²) in [6.45, 7) is 2.06. The van der Waals surface area contributed by atoms with E-state index in [9.17, 15) is 14.0 Å². The second-order valence-electron chi connectivity index (χ2n) is 6.54. The lowest BCUT2D eigenvalue weighted by Gasteiger charge is -2.33. The molecule has 0 spiro atoms. The van der Waals surface area contributed by atoms with E-state index in [1.807, 2.05) is 0 Å². The van der Waals surface area contributed by atoms with Crippen LogP contribution in [0, 0.1) is 11.7 Å². The summed E-state index contributed by atoms with van der Waals surface area (Å²) >= 11 is 0. The van der Waals surface area contributed by atoms with E-state index in [0.717, 1.165) is 25.7 Å². The Hall–Kier alpha value is -1.91. The van der Waals surface area contributed by atoms with Gasteiger partial charge in [0, 0.05) is 18.2 Å². The maximum absolute atomic E-state index is 13.5. The van der Waals surface area contributed by atoms with Crippen LogP contribution >= 0.6 is 0 Å². The fourth-order valence-electron chi connectivity index (χ4n) is 3.33. The molecule has 0 heterocycles. The van der Waals surface area contributed by atoms with Gasteiger partial charge in [0.05, 0.1) is 13.0 Å². The third-order valence-electron chi connectivity index (χ3n) is 4.67. The van der Waals surface area contributed by atoms with E-state index < -0.39 is 11.7 Å². The van der Waals surface area contributed by atoms with Crippen molar-refractivity contribution in [3.8, 4) is 0 Å². The van der Waals surface area contributed by atoms with Crippen molar-refractivity contribution < 1.29 is 18.7 Å². The van der Waals surface area contributed by atoms with Crippen molar-refractivity contribution >= 4 is 11.9 Å². The molecule has 1 atom stereocenters. The van der Waals surface area contributed by atoms with Gasteiger partial charge in [-0.15, -0.1) is 0 Å². The van der Waals surface area contributed by atoms with E-state index in [4.69, 9.17) is 4.74 Å². The summed E-state index contributed by atoms with van der Waals surface area (Å²) in [5, 5.41) is 0. The smallest absolute Gasteiger partial charge is 0.310 e. The first kappa shape index (κ1) is 18.4. The van der Waals surface area contributed by atoms with Gasteiger partial charge in [-0.2, -0.15) is 0 Å². The fraction of sp³-hybridized carbons (Fsp3) is 0.579. The van der Waals surface area contributed by atoms with Crippen LogP contribution in [0.2, 0.25) is 0 Å². The molecular formula is C19H26FNO3. The number of amides is 1. The summed E-state index contributed by atoms with van der Waals surface area (Å²) in [4.78, 5) is 26.5. The Balaban J connectivity index is 2.23. The Morgan fingerprint density at radius 2 is 1.92 bits per heavy atom. The first-order valence-electron chi connectivity index (χ1n) is 8.67. The molecule has 0 bridgehead atoms. The maximum Gasteiger partial charge on any atom is 0.310 e. The molecule has 1 fully saturated rings. The molecule has 1 aromatic rings. The molecule has 24 heavy (non-hydrogen) atoms. The first-order chi connectivity index (χ1) is 11.5. The van der Waals surface area contributed by atoms with Gasteiger partial charge in [-0.1, -0.05) is 38.7 Å². The third kappa shape index (κ3) is 4.79. The normalized spacial score (nSPS) is 17.0. The van der Waals surface area contributed by atoms with Gasteiger partial charge in [0.15, 0.2) is 0 Å². The Bertz CT molecular complexity index is 567. The van der Waals surface area contributed by atoms with Crippen LogP contribution in [0.4, 0.5) is 4.39 Å². The highest BCUT2D eigenvalue weighted by atomic mass is 19.1. The quantitative estimate of drug-likeness (QED) is 0.607. The average molecular weight is 335 g/mol. The molecule has 0 saturated heterocycles. The summed E-state index contributed by atoms with van der Waals surface area (Å²) < 4.78 is 18.3. The van der Waals surface area contributed by atoms with Crippen molar-refractivity contribution in [3.63, 3.8) is 0 Å². The summed E-state index contributed by atoms with van der Waals surface area (Å²) in [5.74, 6) is -1.38. The lowest BCUT2D eigenvalue weighted by molar-refractivity contribution is -0.145. The molecule has 1 saturated carbocycles. The van der Waals surface area contributed by atoms with Crippen molar-refractivity contribution in [1.82, 2.24) is 4.90 Å². The SMILES string of the molecule is COC(=O)C(C)CN(C(=O)c1cccc(F)c1)C1CCCCCC1. The van der Waals surface area contributed by atoms with E-state index in [-0.39, 0.29) is 17.9 Å². The Labute approximate surface area is 143 Å². The number of benzene rings is 1. The van der Waals surface area contributed by atoms with Crippen LogP contribution in [0.25, 0.3) is 0 Å². The number of halogens is 1. The average Bonchev–Trinajstić information content (AvgIpc) is 2.87. The largest absolute Gasteiger partial charge is 0.469 e. The van der Waals surface area contributed by atoms with Crippen LogP contribution in [-0.2, 0) is 9.53 Å². The molecule has 1 amide bonds. The van der Waals surface area contributed by atoms with Crippen molar-refractivity contribution in [3.05, 3.63) is 35.6 Å². The molecule has 0 aromatic heterocycles. The van der Waals surface area contributed by atoms with Crippen LogP contribution < -0.4 is 0 Å². The predicted octanol–water partition coefficient (Wildman–Crippen LogP) is 3.80. The number of nitrogens with zero attached hydrogens (tertiary/aromatic N) is 1. The molecule has 1 unspecified atom stereocenters. The number of esters is 1. The van der Waals surface area contributed by atoms with Crippen LogP contribution in [0.3, 0.4) is 0 Å². The summed E-state index contributed by atoms with van der Waals surface area (Å²) in [6.07, 6.45) is 6.34. The minimum atomic E-state index is -0.428. The van der Waals surface area contributed by atoms with Gasteiger partial charge >= 0.3 is 5.97 Å².